The number of benzene rings is 2. The van der Waals surface area contributed by atoms with Crippen LogP contribution in [0.3, 0.4) is 0 Å². The van der Waals surface area contributed by atoms with Gasteiger partial charge in [0.15, 0.2) is 5.82 Å². The first kappa shape index (κ1) is 22.1. The molecule has 0 unspecified atom stereocenters. The zero-order valence-electron chi connectivity index (χ0n) is 19.5. The van der Waals surface area contributed by atoms with Gasteiger partial charge in [0, 0.05) is 31.9 Å². The molecule has 0 amide bonds. The largest absolute Gasteiger partial charge is 0.497 e. The average molecular weight is 437 g/mol. The molecule has 0 bridgehead atoms. The van der Waals surface area contributed by atoms with Crippen molar-refractivity contribution < 1.29 is 9.47 Å². The molecule has 0 saturated carbocycles. The maximum absolute atomic E-state index is 5.37. The first-order valence-electron chi connectivity index (χ1n) is 11.0. The van der Waals surface area contributed by atoms with Crippen LogP contribution in [-0.2, 0) is 5.54 Å². The van der Waals surface area contributed by atoms with E-state index in [9.17, 15) is 0 Å². The number of hydrogen-bond donors (Lipinski definition) is 0. The molecule has 0 radical (unpaired) electrons. The van der Waals surface area contributed by atoms with E-state index < -0.39 is 0 Å². The summed E-state index contributed by atoms with van der Waals surface area (Å²) in [4.78, 5) is 4.88. The maximum atomic E-state index is 5.37. The second-order valence-corrected chi connectivity index (χ2v) is 9.02. The molecule has 170 valence electrons. The molecule has 2 heterocycles. The number of anilines is 1. The van der Waals surface area contributed by atoms with Crippen molar-refractivity contribution in [2.45, 2.75) is 32.4 Å². The Morgan fingerprint density at radius 3 is 1.91 bits per heavy atom. The van der Waals surface area contributed by atoms with Crippen LogP contribution >= 0.6 is 0 Å². The van der Waals surface area contributed by atoms with Gasteiger partial charge >= 0.3 is 0 Å². The van der Waals surface area contributed by atoms with E-state index in [0.29, 0.717) is 0 Å². The van der Waals surface area contributed by atoms with Gasteiger partial charge in [-0.15, -0.1) is 5.10 Å². The highest BCUT2D eigenvalue weighted by Crippen LogP contribution is 2.32. The third-order valence-electron chi connectivity index (χ3n) is 5.92. The molecule has 3 aromatic rings. The van der Waals surface area contributed by atoms with Crippen LogP contribution in [0.5, 0.6) is 11.5 Å². The summed E-state index contributed by atoms with van der Waals surface area (Å²) in [7, 11) is 3.38. The molecule has 8 nitrogen and oxygen atoms in total. The third-order valence-corrected chi connectivity index (χ3v) is 5.92. The second-order valence-electron chi connectivity index (χ2n) is 9.02. The first-order chi connectivity index (χ1) is 15.4. The number of aromatic nitrogens is 4. The van der Waals surface area contributed by atoms with Crippen molar-refractivity contribution in [1.29, 1.82) is 0 Å². The van der Waals surface area contributed by atoms with Crippen molar-refractivity contribution in [3.8, 4) is 11.5 Å². The van der Waals surface area contributed by atoms with Gasteiger partial charge in [-0.25, -0.2) is 4.68 Å². The lowest BCUT2D eigenvalue weighted by Crippen LogP contribution is -2.48. The van der Waals surface area contributed by atoms with Crippen molar-refractivity contribution in [3.63, 3.8) is 0 Å². The molecule has 1 aliphatic heterocycles. The van der Waals surface area contributed by atoms with Crippen LogP contribution in [0.15, 0.2) is 48.5 Å². The van der Waals surface area contributed by atoms with Crippen LogP contribution < -0.4 is 14.4 Å². The van der Waals surface area contributed by atoms with E-state index in [1.54, 1.807) is 14.2 Å². The van der Waals surface area contributed by atoms with Gasteiger partial charge in [0.2, 0.25) is 0 Å². The summed E-state index contributed by atoms with van der Waals surface area (Å²) in [5, 5.41) is 12.8. The monoisotopic (exact) mass is 436 g/mol. The summed E-state index contributed by atoms with van der Waals surface area (Å²) in [6.07, 6.45) is 0. The highest BCUT2D eigenvalue weighted by molar-refractivity contribution is 5.49. The predicted octanol–water partition coefficient (Wildman–Crippen LogP) is 3.36. The van der Waals surface area contributed by atoms with Crippen molar-refractivity contribution >= 4 is 5.69 Å². The molecule has 0 spiro atoms. The lowest BCUT2D eigenvalue weighted by atomic mass is 10.0. The van der Waals surface area contributed by atoms with Crippen LogP contribution in [0, 0.1) is 0 Å². The summed E-state index contributed by atoms with van der Waals surface area (Å²) < 4.78 is 12.6. The third kappa shape index (κ3) is 4.55. The van der Waals surface area contributed by atoms with Gasteiger partial charge in [-0.1, -0.05) is 12.1 Å². The molecule has 1 aliphatic rings. The first-order valence-corrected chi connectivity index (χ1v) is 11.0. The van der Waals surface area contributed by atoms with Crippen molar-refractivity contribution in [2.24, 2.45) is 0 Å². The molecular formula is C24H32N6O2. The minimum absolute atomic E-state index is 0.0341. The summed E-state index contributed by atoms with van der Waals surface area (Å²) in [5.41, 5.74) is 2.16. The lowest BCUT2D eigenvalue weighted by molar-refractivity contribution is 0.191. The molecule has 8 heteroatoms. The van der Waals surface area contributed by atoms with Gasteiger partial charge in [0.05, 0.1) is 25.8 Å². The Bertz CT molecular complexity index is 1000. The van der Waals surface area contributed by atoms with Gasteiger partial charge in [0.1, 0.15) is 11.5 Å². The van der Waals surface area contributed by atoms with E-state index in [4.69, 9.17) is 9.47 Å². The Labute approximate surface area is 189 Å². The highest BCUT2D eigenvalue weighted by atomic mass is 16.5. The van der Waals surface area contributed by atoms with E-state index in [2.05, 4.69) is 70.4 Å². The van der Waals surface area contributed by atoms with Gasteiger partial charge in [-0.05, 0) is 73.2 Å². The number of tetrazole rings is 1. The molecule has 4 rings (SSSR count). The molecule has 1 saturated heterocycles. The minimum atomic E-state index is -0.214. The molecule has 1 aromatic heterocycles. The van der Waals surface area contributed by atoms with Gasteiger partial charge in [0.25, 0.3) is 0 Å². The lowest BCUT2D eigenvalue weighted by Gasteiger charge is -2.40. The maximum Gasteiger partial charge on any atom is 0.173 e. The number of rotatable bonds is 6. The van der Waals surface area contributed by atoms with E-state index in [0.717, 1.165) is 49.1 Å². The fraction of sp³-hybridized carbons (Fsp3) is 0.458. The molecule has 0 N–H and O–H groups in total. The molecule has 1 atom stereocenters. The minimum Gasteiger partial charge on any atom is -0.497 e. The Morgan fingerprint density at radius 1 is 0.812 bits per heavy atom. The summed E-state index contributed by atoms with van der Waals surface area (Å²) >= 11 is 0. The number of hydrogen-bond acceptors (Lipinski definition) is 7. The molecule has 1 fully saturated rings. The zero-order chi connectivity index (χ0) is 22.7. The highest BCUT2D eigenvalue weighted by Gasteiger charge is 2.33. The smallest absolute Gasteiger partial charge is 0.173 e. The van der Waals surface area contributed by atoms with Crippen molar-refractivity contribution in [2.75, 3.05) is 45.3 Å². The molecular weight excluding hydrogens is 404 g/mol. The van der Waals surface area contributed by atoms with E-state index in [-0.39, 0.29) is 11.6 Å². The van der Waals surface area contributed by atoms with Crippen molar-refractivity contribution in [1.82, 2.24) is 25.1 Å². The Hall–Kier alpha value is -3.13. The summed E-state index contributed by atoms with van der Waals surface area (Å²) in [6.45, 7) is 10.0. The number of nitrogens with zero attached hydrogens (tertiary/aromatic N) is 6. The van der Waals surface area contributed by atoms with Crippen LogP contribution in [0.2, 0.25) is 0 Å². The van der Waals surface area contributed by atoms with Gasteiger partial charge in [-0.3, -0.25) is 4.90 Å². The SMILES string of the molecule is COc1ccc([C@H](c2nnnn2C(C)(C)C)N2CCN(c3ccc(OC)cc3)CC2)cc1. The van der Waals surface area contributed by atoms with Crippen molar-refractivity contribution in [3.05, 3.63) is 59.9 Å². The van der Waals surface area contributed by atoms with Gasteiger partial charge in [-0.2, -0.15) is 0 Å². The zero-order valence-corrected chi connectivity index (χ0v) is 19.5. The average Bonchev–Trinajstić information content (AvgIpc) is 3.30. The topological polar surface area (TPSA) is 68.5 Å². The van der Waals surface area contributed by atoms with Gasteiger partial charge < -0.3 is 14.4 Å². The molecule has 2 aromatic carbocycles. The van der Waals surface area contributed by atoms with E-state index >= 15 is 0 Å². The van der Waals surface area contributed by atoms with E-state index in [1.165, 1.54) is 5.69 Å². The quantitative estimate of drug-likeness (QED) is 0.587. The predicted molar refractivity (Wildman–Crippen MR) is 124 cm³/mol. The van der Waals surface area contributed by atoms with E-state index in [1.807, 2.05) is 28.9 Å². The fourth-order valence-corrected chi connectivity index (χ4v) is 4.18. The standard InChI is InChI=1S/C24H32N6O2/c1-24(2,3)30-23(25-26-27-30)22(18-6-10-20(31-4)11-7-18)29-16-14-28(15-17-29)19-8-12-21(32-5)13-9-19/h6-13,22H,14-17H2,1-5H3/t22-/m1/s1. The van der Waals surface area contributed by atoms with Crippen LogP contribution in [0.1, 0.15) is 38.2 Å². The summed E-state index contributed by atoms with van der Waals surface area (Å²) in [6, 6.07) is 16.5. The van der Waals surface area contributed by atoms with Crippen LogP contribution in [0.4, 0.5) is 5.69 Å². The van der Waals surface area contributed by atoms with Crippen LogP contribution in [-0.4, -0.2) is 65.5 Å². The Kier molecular flexibility index (Phi) is 6.32. The Balaban J connectivity index is 1.60. The normalized spacial score (nSPS) is 16.1. The number of piperazine rings is 1. The number of methoxy groups -OCH3 is 2. The fourth-order valence-electron chi connectivity index (χ4n) is 4.18. The number of ether oxygens (including phenoxy) is 2. The second kappa shape index (κ2) is 9.16. The molecule has 0 aliphatic carbocycles. The van der Waals surface area contributed by atoms with Crippen LogP contribution in [0.25, 0.3) is 0 Å². The summed E-state index contributed by atoms with van der Waals surface area (Å²) in [5.74, 6) is 2.58. The molecule has 32 heavy (non-hydrogen) atoms. The Morgan fingerprint density at radius 2 is 1.38 bits per heavy atom.